The first-order chi connectivity index (χ1) is 7.80. The highest BCUT2D eigenvalue weighted by Crippen LogP contribution is 2.24. The van der Waals surface area contributed by atoms with Gasteiger partial charge in [0.15, 0.2) is 0 Å². The Bertz CT molecular complexity index is 297. The Morgan fingerprint density at radius 3 is 2.00 bits per heavy atom. The van der Waals surface area contributed by atoms with E-state index in [1.165, 1.54) is 6.08 Å². The van der Waals surface area contributed by atoms with Crippen LogP contribution < -0.4 is 0 Å². The first-order valence-corrected chi connectivity index (χ1v) is 5.84. The second-order valence-corrected chi connectivity index (χ2v) is 4.88. The largest absolute Gasteiger partial charge is 0.463 e. The highest BCUT2D eigenvalue weighted by atomic mass is 16.5. The third-order valence-corrected chi connectivity index (χ3v) is 1.84. The standard InChI is InChI=1S/C13H22O4/c1-6-16-11(14)8-10(9-13(3,4)5)12(15)17-7-2/h8H,6-7,9H2,1-5H3/b10-8-. The van der Waals surface area contributed by atoms with Gasteiger partial charge in [0.25, 0.3) is 0 Å². The Kier molecular flexibility index (Phi) is 6.54. The number of rotatable bonds is 5. The van der Waals surface area contributed by atoms with E-state index in [0.717, 1.165) is 0 Å². The number of hydrogen-bond acceptors (Lipinski definition) is 4. The van der Waals surface area contributed by atoms with Crippen LogP contribution in [-0.4, -0.2) is 25.2 Å². The minimum Gasteiger partial charge on any atom is -0.463 e. The van der Waals surface area contributed by atoms with Crippen molar-refractivity contribution in [3.8, 4) is 0 Å². The molecule has 0 aromatic rings. The molecule has 4 nitrogen and oxygen atoms in total. The zero-order valence-corrected chi connectivity index (χ0v) is 11.3. The van der Waals surface area contributed by atoms with Gasteiger partial charge in [-0.05, 0) is 25.7 Å². The summed E-state index contributed by atoms with van der Waals surface area (Å²) < 4.78 is 9.71. The van der Waals surface area contributed by atoms with Crippen molar-refractivity contribution in [1.29, 1.82) is 0 Å². The number of hydrogen-bond donors (Lipinski definition) is 0. The Hall–Kier alpha value is -1.32. The Labute approximate surface area is 103 Å². The van der Waals surface area contributed by atoms with Crippen LogP contribution in [0, 0.1) is 5.41 Å². The Morgan fingerprint density at radius 1 is 1.06 bits per heavy atom. The Morgan fingerprint density at radius 2 is 1.59 bits per heavy atom. The van der Waals surface area contributed by atoms with Crippen molar-refractivity contribution >= 4 is 11.9 Å². The maximum absolute atomic E-state index is 11.7. The minimum absolute atomic E-state index is 0.0922. The highest BCUT2D eigenvalue weighted by molar-refractivity contribution is 5.96. The van der Waals surface area contributed by atoms with E-state index in [1.807, 2.05) is 20.8 Å². The lowest BCUT2D eigenvalue weighted by atomic mass is 9.88. The van der Waals surface area contributed by atoms with Crippen LogP contribution in [0.1, 0.15) is 41.0 Å². The van der Waals surface area contributed by atoms with Crippen LogP contribution in [0.4, 0.5) is 0 Å². The molecule has 0 radical (unpaired) electrons. The summed E-state index contributed by atoms with van der Waals surface area (Å²) >= 11 is 0. The summed E-state index contributed by atoms with van der Waals surface area (Å²) in [5.74, 6) is -0.949. The molecule has 0 heterocycles. The van der Waals surface area contributed by atoms with Crippen LogP contribution >= 0.6 is 0 Å². The van der Waals surface area contributed by atoms with Crippen LogP contribution in [0.25, 0.3) is 0 Å². The predicted molar refractivity (Wildman–Crippen MR) is 65.4 cm³/mol. The summed E-state index contributed by atoms with van der Waals surface area (Å²) in [6, 6.07) is 0. The SMILES string of the molecule is CCOC(=O)/C=C(/CC(C)(C)C)C(=O)OCC. The normalized spacial score (nSPS) is 12.2. The number of carbonyl (C=O) groups is 2. The molecule has 0 aromatic heterocycles. The number of esters is 2. The molecule has 98 valence electrons. The van der Waals surface area contributed by atoms with Crippen molar-refractivity contribution in [2.45, 2.75) is 41.0 Å². The van der Waals surface area contributed by atoms with Crippen molar-refractivity contribution in [2.24, 2.45) is 5.41 Å². The lowest BCUT2D eigenvalue weighted by molar-refractivity contribution is -0.141. The maximum atomic E-state index is 11.7. The van der Waals surface area contributed by atoms with Crippen molar-refractivity contribution < 1.29 is 19.1 Å². The van der Waals surface area contributed by atoms with Gasteiger partial charge in [0.2, 0.25) is 0 Å². The monoisotopic (exact) mass is 242 g/mol. The summed E-state index contributed by atoms with van der Waals surface area (Å²) in [5, 5.41) is 0. The van der Waals surface area contributed by atoms with E-state index in [9.17, 15) is 9.59 Å². The van der Waals surface area contributed by atoms with Gasteiger partial charge in [0.1, 0.15) is 0 Å². The van der Waals surface area contributed by atoms with E-state index < -0.39 is 11.9 Å². The average Bonchev–Trinajstić information content (AvgIpc) is 2.15. The lowest BCUT2D eigenvalue weighted by Crippen LogP contribution is -2.16. The number of ether oxygens (including phenoxy) is 2. The van der Waals surface area contributed by atoms with E-state index in [0.29, 0.717) is 25.2 Å². The van der Waals surface area contributed by atoms with Gasteiger partial charge in [0.05, 0.1) is 13.2 Å². The van der Waals surface area contributed by atoms with Gasteiger partial charge >= 0.3 is 11.9 Å². The van der Waals surface area contributed by atoms with Gasteiger partial charge in [-0.25, -0.2) is 9.59 Å². The lowest BCUT2D eigenvalue weighted by Gasteiger charge is -2.19. The van der Waals surface area contributed by atoms with E-state index in [2.05, 4.69) is 0 Å². The minimum atomic E-state index is -0.500. The molecule has 0 saturated carbocycles. The fourth-order valence-corrected chi connectivity index (χ4v) is 1.30. The quantitative estimate of drug-likeness (QED) is 0.549. The molecule has 0 N–H and O–H groups in total. The van der Waals surface area contributed by atoms with Crippen molar-refractivity contribution in [3.05, 3.63) is 11.6 Å². The second-order valence-electron chi connectivity index (χ2n) is 4.88. The number of carbonyl (C=O) groups excluding carboxylic acids is 2. The molecule has 0 spiro atoms. The zero-order chi connectivity index (χ0) is 13.5. The van der Waals surface area contributed by atoms with Crippen LogP contribution in [0.15, 0.2) is 11.6 Å². The molecule has 0 atom stereocenters. The molecule has 0 fully saturated rings. The third-order valence-electron chi connectivity index (χ3n) is 1.84. The molecule has 4 heteroatoms. The average molecular weight is 242 g/mol. The summed E-state index contributed by atoms with van der Waals surface area (Å²) in [6.45, 7) is 10.0. The molecule has 0 aliphatic carbocycles. The molecule has 17 heavy (non-hydrogen) atoms. The smallest absolute Gasteiger partial charge is 0.334 e. The summed E-state index contributed by atoms with van der Waals surface area (Å²) in [4.78, 5) is 23.0. The molecule has 0 saturated heterocycles. The first kappa shape index (κ1) is 15.7. The van der Waals surface area contributed by atoms with Crippen LogP contribution in [0.5, 0.6) is 0 Å². The van der Waals surface area contributed by atoms with Crippen molar-refractivity contribution in [2.75, 3.05) is 13.2 Å². The van der Waals surface area contributed by atoms with Gasteiger partial charge in [-0.3, -0.25) is 0 Å². The fraction of sp³-hybridized carbons (Fsp3) is 0.692. The molecule has 0 amide bonds. The molecule has 0 aromatic carbocycles. The summed E-state index contributed by atoms with van der Waals surface area (Å²) in [7, 11) is 0. The molecular weight excluding hydrogens is 220 g/mol. The molecule has 0 aliphatic rings. The maximum Gasteiger partial charge on any atom is 0.334 e. The van der Waals surface area contributed by atoms with E-state index >= 15 is 0 Å². The van der Waals surface area contributed by atoms with E-state index in [-0.39, 0.29) is 5.41 Å². The molecule has 0 unspecified atom stereocenters. The van der Waals surface area contributed by atoms with Gasteiger partial charge in [-0.1, -0.05) is 20.8 Å². The van der Waals surface area contributed by atoms with E-state index in [4.69, 9.17) is 9.47 Å². The van der Waals surface area contributed by atoms with Crippen molar-refractivity contribution in [3.63, 3.8) is 0 Å². The van der Waals surface area contributed by atoms with E-state index in [1.54, 1.807) is 13.8 Å². The summed E-state index contributed by atoms with van der Waals surface area (Å²) in [5.41, 5.74) is 0.267. The fourth-order valence-electron chi connectivity index (χ4n) is 1.30. The molecule has 0 bridgehead atoms. The topological polar surface area (TPSA) is 52.6 Å². The van der Waals surface area contributed by atoms with Gasteiger partial charge in [0, 0.05) is 11.6 Å². The third kappa shape index (κ3) is 7.55. The predicted octanol–water partition coefficient (Wildman–Crippen LogP) is 2.48. The van der Waals surface area contributed by atoms with Gasteiger partial charge in [-0.2, -0.15) is 0 Å². The van der Waals surface area contributed by atoms with Crippen LogP contribution in [0.3, 0.4) is 0 Å². The van der Waals surface area contributed by atoms with Gasteiger partial charge in [-0.15, -0.1) is 0 Å². The summed E-state index contributed by atoms with van der Waals surface area (Å²) in [6.07, 6.45) is 1.71. The molecule has 0 aliphatic heterocycles. The van der Waals surface area contributed by atoms with Crippen LogP contribution in [0.2, 0.25) is 0 Å². The molecular formula is C13H22O4. The van der Waals surface area contributed by atoms with Gasteiger partial charge < -0.3 is 9.47 Å². The van der Waals surface area contributed by atoms with Crippen LogP contribution in [-0.2, 0) is 19.1 Å². The first-order valence-electron chi connectivity index (χ1n) is 5.84. The molecule has 0 rings (SSSR count). The highest BCUT2D eigenvalue weighted by Gasteiger charge is 2.20. The Balaban J connectivity index is 4.84. The van der Waals surface area contributed by atoms with Crippen molar-refractivity contribution in [1.82, 2.24) is 0 Å². The second kappa shape index (κ2) is 7.09. The zero-order valence-electron chi connectivity index (χ0n) is 11.3.